The van der Waals surface area contributed by atoms with E-state index in [4.69, 9.17) is 4.74 Å². The number of hydrogen-bond acceptors (Lipinski definition) is 3. The highest BCUT2D eigenvalue weighted by Gasteiger charge is 2.35. The van der Waals surface area contributed by atoms with Gasteiger partial charge in [-0.3, -0.25) is 4.79 Å². The van der Waals surface area contributed by atoms with Crippen LogP contribution in [0.25, 0.3) is 0 Å². The molecule has 90 valence electrons. The largest absolute Gasteiger partial charge is 0.497 e. The second-order valence-corrected chi connectivity index (χ2v) is 4.13. The van der Waals surface area contributed by atoms with Crippen LogP contribution in [-0.2, 0) is 16.1 Å². The van der Waals surface area contributed by atoms with Crippen LogP contribution < -0.4 is 4.74 Å². The summed E-state index contributed by atoms with van der Waals surface area (Å²) in [5.41, 5.74) is 1.05. The van der Waals surface area contributed by atoms with Crippen LogP contribution >= 0.6 is 0 Å². The van der Waals surface area contributed by atoms with Crippen molar-refractivity contribution in [1.82, 2.24) is 4.90 Å². The Hall–Kier alpha value is -1.84. The van der Waals surface area contributed by atoms with Crippen molar-refractivity contribution in [2.75, 3.05) is 7.11 Å². The van der Waals surface area contributed by atoms with Gasteiger partial charge in [-0.15, -0.1) is 0 Å². The number of carbonyl (C=O) groups excluding carboxylic acids is 2. The van der Waals surface area contributed by atoms with Crippen LogP contribution in [0.15, 0.2) is 24.3 Å². The monoisotopic (exact) mass is 233 g/mol. The molecule has 0 bridgehead atoms. The van der Waals surface area contributed by atoms with Crippen molar-refractivity contribution >= 4 is 12.2 Å². The molecule has 1 heterocycles. The summed E-state index contributed by atoms with van der Waals surface area (Å²) in [7, 11) is 1.62. The van der Waals surface area contributed by atoms with Gasteiger partial charge in [0, 0.05) is 25.4 Å². The molecule has 0 saturated carbocycles. The van der Waals surface area contributed by atoms with E-state index in [9.17, 15) is 9.59 Å². The molecule has 0 spiro atoms. The van der Waals surface area contributed by atoms with Gasteiger partial charge >= 0.3 is 0 Å². The maximum absolute atomic E-state index is 11.4. The molecule has 1 aromatic rings. The van der Waals surface area contributed by atoms with Crippen molar-refractivity contribution in [1.29, 1.82) is 0 Å². The molecular weight excluding hydrogens is 218 g/mol. The lowest BCUT2D eigenvalue weighted by Gasteiger charge is -2.39. The molecule has 1 aliphatic rings. The molecule has 2 rings (SSSR count). The van der Waals surface area contributed by atoms with Gasteiger partial charge in [-0.25, -0.2) is 0 Å². The first kappa shape index (κ1) is 11.6. The molecule has 1 atom stereocenters. The number of likely N-dealkylation sites (tertiary alicyclic amines) is 1. The molecular formula is C13H15NO3. The fourth-order valence-electron chi connectivity index (χ4n) is 1.99. The highest BCUT2D eigenvalue weighted by atomic mass is 16.5. The van der Waals surface area contributed by atoms with Gasteiger partial charge in [-0.05, 0) is 17.7 Å². The molecule has 1 saturated heterocycles. The van der Waals surface area contributed by atoms with E-state index in [1.165, 1.54) is 0 Å². The smallest absolute Gasteiger partial charge is 0.225 e. The van der Waals surface area contributed by atoms with Crippen LogP contribution in [0.4, 0.5) is 0 Å². The van der Waals surface area contributed by atoms with Crippen molar-refractivity contribution in [2.24, 2.45) is 0 Å². The average molecular weight is 233 g/mol. The van der Waals surface area contributed by atoms with Gasteiger partial charge in [-0.2, -0.15) is 0 Å². The maximum atomic E-state index is 11.4. The van der Waals surface area contributed by atoms with E-state index in [0.717, 1.165) is 17.6 Å². The van der Waals surface area contributed by atoms with E-state index in [-0.39, 0.29) is 11.9 Å². The normalized spacial score (nSPS) is 18.8. The number of ether oxygens (including phenoxy) is 1. The van der Waals surface area contributed by atoms with Crippen LogP contribution in [0.5, 0.6) is 5.75 Å². The molecule has 1 aromatic carbocycles. The summed E-state index contributed by atoms with van der Waals surface area (Å²) in [6, 6.07) is 7.69. The van der Waals surface area contributed by atoms with Gasteiger partial charge in [-0.1, -0.05) is 12.1 Å². The molecule has 1 fully saturated rings. The van der Waals surface area contributed by atoms with Crippen LogP contribution in [0.2, 0.25) is 0 Å². The molecule has 0 aliphatic carbocycles. The van der Waals surface area contributed by atoms with E-state index in [1.54, 1.807) is 12.0 Å². The molecule has 0 aromatic heterocycles. The summed E-state index contributed by atoms with van der Waals surface area (Å²) in [6.07, 6.45) is 1.80. The zero-order valence-corrected chi connectivity index (χ0v) is 9.76. The maximum Gasteiger partial charge on any atom is 0.225 e. The third-order valence-corrected chi connectivity index (χ3v) is 3.05. The Labute approximate surface area is 100 Å². The standard InChI is InChI=1S/C13H15NO3/c1-17-12-4-2-10(3-5-12)9-14-11(6-7-15)8-13(14)16/h2-5,7,11H,6,8-9H2,1H3. The summed E-state index contributed by atoms with van der Waals surface area (Å²) < 4.78 is 5.07. The van der Waals surface area contributed by atoms with Crippen LogP contribution in [0.3, 0.4) is 0 Å². The number of β-lactam (4-membered cyclic amide) rings is 1. The summed E-state index contributed by atoms with van der Waals surface area (Å²) in [6.45, 7) is 0.571. The minimum Gasteiger partial charge on any atom is -0.497 e. The van der Waals surface area contributed by atoms with Gasteiger partial charge < -0.3 is 14.4 Å². The van der Waals surface area contributed by atoms with Crippen molar-refractivity contribution < 1.29 is 14.3 Å². The van der Waals surface area contributed by atoms with Crippen LogP contribution in [0.1, 0.15) is 18.4 Å². The third-order valence-electron chi connectivity index (χ3n) is 3.05. The Morgan fingerprint density at radius 3 is 2.65 bits per heavy atom. The van der Waals surface area contributed by atoms with Crippen molar-refractivity contribution in [2.45, 2.75) is 25.4 Å². The first-order valence-corrected chi connectivity index (χ1v) is 5.60. The molecule has 0 N–H and O–H groups in total. The molecule has 1 aliphatic heterocycles. The topological polar surface area (TPSA) is 46.6 Å². The lowest BCUT2D eigenvalue weighted by atomic mass is 9.98. The Balaban J connectivity index is 1.99. The quantitative estimate of drug-likeness (QED) is 0.570. The van der Waals surface area contributed by atoms with Crippen molar-refractivity contribution in [3.63, 3.8) is 0 Å². The van der Waals surface area contributed by atoms with E-state index in [1.807, 2.05) is 24.3 Å². The number of rotatable bonds is 5. The molecule has 17 heavy (non-hydrogen) atoms. The Morgan fingerprint density at radius 2 is 2.12 bits per heavy atom. The number of benzene rings is 1. The predicted octanol–water partition coefficient (Wildman–Crippen LogP) is 1.39. The second kappa shape index (κ2) is 4.99. The first-order chi connectivity index (χ1) is 8.24. The average Bonchev–Trinajstić information content (AvgIpc) is 2.36. The number of methoxy groups -OCH3 is 1. The number of amides is 1. The summed E-state index contributed by atoms with van der Waals surface area (Å²) in [4.78, 5) is 23.6. The van der Waals surface area contributed by atoms with Gasteiger partial charge in [0.2, 0.25) is 5.91 Å². The van der Waals surface area contributed by atoms with Gasteiger partial charge in [0.25, 0.3) is 0 Å². The van der Waals surface area contributed by atoms with Crippen LogP contribution in [0, 0.1) is 0 Å². The Kier molecular flexibility index (Phi) is 3.42. The van der Waals surface area contributed by atoms with E-state index in [2.05, 4.69) is 0 Å². The number of nitrogens with zero attached hydrogens (tertiary/aromatic N) is 1. The molecule has 1 unspecified atom stereocenters. The first-order valence-electron chi connectivity index (χ1n) is 5.60. The summed E-state index contributed by atoms with van der Waals surface area (Å²) >= 11 is 0. The highest BCUT2D eigenvalue weighted by Crippen LogP contribution is 2.24. The minimum atomic E-state index is 0.0853. The zero-order chi connectivity index (χ0) is 12.3. The second-order valence-electron chi connectivity index (χ2n) is 4.13. The lowest BCUT2D eigenvalue weighted by Crippen LogP contribution is -2.51. The lowest BCUT2D eigenvalue weighted by molar-refractivity contribution is -0.147. The molecule has 1 amide bonds. The van der Waals surface area contributed by atoms with E-state index >= 15 is 0 Å². The van der Waals surface area contributed by atoms with Gasteiger partial charge in [0.05, 0.1) is 7.11 Å². The third kappa shape index (κ3) is 2.46. The van der Waals surface area contributed by atoms with E-state index in [0.29, 0.717) is 19.4 Å². The predicted molar refractivity (Wildman–Crippen MR) is 62.6 cm³/mol. The Morgan fingerprint density at radius 1 is 1.41 bits per heavy atom. The van der Waals surface area contributed by atoms with E-state index < -0.39 is 0 Å². The van der Waals surface area contributed by atoms with Crippen LogP contribution in [-0.4, -0.2) is 30.2 Å². The zero-order valence-electron chi connectivity index (χ0n) is 9.76. The fraction of sp³-hybridized carbons (Fsp3) is 0.385. The SMILES string of the molecule is COc1ccc(CN2C(=O)CC2CC=O)cc1. The summed E-state index contributed by atoms with van der Waals surface area (Å²) in [5, 5.41) is 0. The molecule has 4 heteroatoms. The van der Waals surface area contributed by atoms with Crippen molar-refractivity contribution in [3.8, 4) is 5.75 Å². The Bertz CT molecular complexity index is 411. The van der Waals surface area contributed by atoms with Crippen molar-refractivity contribution in [3.05, 3.63) is 29.8 Å². The molecule has 0 radical (unpaired) electrons. The number of carbonyl (C=O) groups is 2. The highest BCUT2D eigenvalue weighted by molar-refractivity contribution is 5.84. The minimum absolute atomic E-state index is 0.0853. The van der Waals surface area contributed by atoms with Gasteiger partial charge in [0.15, 0.2) is 0 Å². The van der Waals surface area contributed by atoms with Gasteiger partial charge in [0.1, 0.15) is 12.0 Å². The number of hydrogen-bond donors (Lipinski definition) is 0. The fourth-order valence-corrected chi connectivity index (χ4v) is 1.99. The molecule has 4 nitrogen and oxygen atoms in total. The number of aldehydes is 1. The summed E-state index contributed by atoms with van der Waals surface area (Å²) in [5.74, 6) is 0.917.